The molecule has 0 spiro atoms. The second kappa shape index (κ2) is 9.82. The van der Waals surface area contributed by atoms with Crippen molar-refractivity contribution in [3.63, 3.8) is 0 Å². The first-order chi connectivity index (χ1) is 16.3. The van der Waals surface area contributed by atoms with E-state index in [4.69, 9.17) is 4.42 Å². The zero-order valence-electron chi connectivity index (χ0n) is 18.6. The van der Waals surface area contributed by atoms with Crippen LogP contribution in [0.4, 0.5) is 0 Å². The lowest BCUT2D eigenvalue weighted by atomic mass is 10.0. The van der Waals surface area contributed by atoms with Crippen LogP contribution in [0.15, 0.2) is 89.6 Å². The summed E-state index contributed by atoms with van der Waals surface area (Å²) >= 11 is 0. The normalized spacial score (nSPS) is 16.0. The summed E-state index contributed by atoms with van der Waals surface area (Å²) in [5.74, 6) is 1.47. The zero-order valence-corrected chi connectivity index (χ0v) is 18.6. The molecule has 5 heteroatoms. The van der Waals surface area contributed by atoms with E-state index in [0.717, 1.165) is 30.7 Å². The molecule has 1 aliphatic rings. The van der Waals surface area contributed by atoms with Gasteiger partial charge in [-0.25, -0.2) is 4.98 Å². The number of benzene rings is 2. The van der Waals surface area contributed by atoms with Gasteiger partial charge in [-0.15, -0.1) is 0 Å². The van der Waals surface area contributed by atoms with E-state index in [2.05, 4.69) is 34.2 Å². The number of piperidine rings is 1. The molecule has 166 valence electrons. The van der Waals surface area contributed by atoms with Gasteiger partial charge in [0.1, 0.15) is 11.8 Å². The van der Waals surface area contributed by atoms with Crippen LogP contribution in [-0.2, 0) is 12.8 Å². The summed E-state index contributed by atoms with van der Waals surface area (Å²) in [5.41, 5.74) is 3.91. The molecule has 0 radical (unpaired) electrons. The monoisotopic (exact) mass is 437 g/mol. The molecule has 0 N–H and O–H groups in total. The fraction of sp³-hybridized carbons (Fsp3) is 0.250. The minimum absolute atomic E-state index is 0.0132. The Hall–Kier alpha value is -3.73. The highest BCUT2D eigenvalue weighted by Crippen LogP contribution is 2.32. The van der Waals surface area contributed by atoms with Crippen LogP contribution >= 0.6 is 0 Å². The molecule has 5 rings (SSSR count). The molecule has 0 bridgehead atoms. The minimum atomic E-state index is -0.137. The van der Waals surface area contributed by atoms with E-state index >= 15 is 0 Å². The first kappa shape index (κ1) is 21.1. The van der Waals surface area contributed by atoms with E-state index in [1.165, 1.54) is 11.1 Å². The van der Waals surface area contributed by atoms with Crippen molar-refractivity contribution >= 4 is 5.91 Å². The number of hydrogen-bond acceptors (Lipinski definition) is 4. The van der Waals surface area contributed by atoms with Crippen molar-refractivity contribution in [2.75, 3.05) is 6.54 Å². The Bertz CT molecular complexity index is 1200. The Labute approximate surface area is 194 Å². The molecule has 4 aromatic rings. The van der Waals surface area contributed by atoms with Crippen molar-refractivity contribution < 1.29 is 9.21 Å². The molecule has 1 unspecified atom stereocenters. The van der Waals surface area contributed by atoms with E-state index in [9.17, 15) is 4.79 Å². The molecule has 33 heavy (non-hydrogen) atoms. The molecular formula is C28H27N3O2. The van der Waals surface area contributed by atoms with Gasteiger partial charge in [0.2, 0.25) is 5.89 Å². The Morgan fingerprint density at radius 3 is 2.39 bits per heavy atom. The van der Waals surface area contributed by atoms with Gasteiger partial charge < -0.3 is 9.32 Å². The SMILES string of the molecule is O=C(c1ccnc(Cc2ccccc2)c1)N1CCCCC1c1ncc(Cc2ccccc2)o1. The molecular weight excluding hydrogens is 410 g/mol. The summed E-state index contributed by atoms with van der Waals surface area (Å²) in [6.07, 6.45) is 7.83. The van der Waals surface area contributed by atoms with E-state index in [0.29, 0.717) is 30.8 Å². The Morgan fingerprint density at radius 2 is 1.64 bits per heavy atom. The largest absolute Gasteiger partial charge is 0.443 e. The van der Waals surface area contributed by atoms with Gasteiger partial charge >= 0.3 is 0 Å². The number of pyridine rings is 1. The van der Waals surface area contributed by atoms with Crippen LogP contribution in [0.25, 0.3) is 0 Å². The second-order valence-electron chi connectivity index (χ2n) is 8.54. The van der Waals surface area contributed by atoms with Crippen LogP contribution in [0.3, 0.4) is 0 Å². The predicted octanol–water partition coefficient (Wildman–Crippen LogP) is 5.62. The van der Waals surface area contributed by atoms with Crippen molar-refractivity contribution in [3.8, 4) is 0 Å². The fourth-order valence-corrected chi connectivity index (χ4v) is 4.47. The number of nitrogens with zero attached hydrogens (tertiary/aromatic N) is 3. The number of amides is 1. The van der Waals surface area contributed by atoms with Crippen molar-refractivity contribution in [3.05, 3.63) is 119 Å². The maximum atomic E-state index is 13.5. The molecule has 0 saturated carbocycles. The molecule has 0 aliphatic carbocycles. The molecule has 1 amide bonds. The average molecular weight is 438 g/mol. The number of rotatable bonds is 6. The summed E-state index contributed by atoms with van der Waals surface area (Å²) in [4.78, 5) is 24.5. The van der Waals surface area contributed by atoms with Gasteiger partial charge in [0.25, 0.3) is 5.91 Å². The van der Waals surface area contributed by atoms with Crippen LogP contribution in [-0.4, -0.2) is 27.3 Å². The maximum absolute atomic E-state index is 13.5. The average Bonchev–Trinajstić information content (AvgIpc) is 3.33. The lowest BCUT2D eigenvalue weighted by Crippen LogP contribution is -2.38. The van der Waals surface area contributed by atoms with E-state index in [1.807, 2.05) is 47.4 Å². The molecule has 1 fully saturated rings. The number of hydrogen-bond donors (Lipinski definition) is 0. The standard InChI is InChI=1S/C28H27N3O2/c32-28(23-14-15-29-24(19-23)17-21-9-3-1-4-10-21)31-16-8-7-13-26(31)27-30-20-25(33-27)18-22-11-5-2-6-12-22/h1-6,9-12,14-15,19-20,26H,7-8,13,16-18H2. The first-order valence-corrected chi connectivity index (χ1v) is 11.5. The minimum Gasteiger partial charge on any atom is -0.443 e. The highest BCUT2D eigenvalue weighted by atomic mass is 16.4. The van der Waals surface area contributed by atoms with Gasteiger partial charge in [-0.1, -0.05) is 60.7 Å². The van der Waals surface area contributed by atoms with Gasteiger partial charge in [-0.2, -0.15) is 0 Å². The van der Waals surface area contributed by atoms with Crippen LogP contribution < -0.4 is 0 Å². The predicted molar refractivity (Wildman–Crippen MR) is 127 cm³/mol. The highest BCUT2D eigenvalue weighted by molar-refractivity contribution is 5.94. The van der Waals surface area contributed by atoms with E-state index in [-0.39, 0.29) is 11.9 Å². The van der Waals surface area contributed by atoms with E-state index in [1.54, 1.807) is 18.5 Å². The lowest BCUT2D eigenvalue weighted by Gasteiger charge is -2.34. The summed E-state index contributed by atoms with van der Waals surface area (Å²) in [5, 5.41) is 0. The van der Waals surface area contributed by atoms with Crippen molar-refractivity contribution in [2.45, 2.75) is 38.1 Å². The third-order valence-electron chi connectivity index (χ3n) is 6.13. The van der Waals surface area contributed by atoms with Gasteiger partial charge in [0.15, 0.2) is 0 Å². The number of aromatic nitrogens is 2. The molecule has 5 nitrogen and oxygen atoms in total. The van der Waals surface area contributed by atoms with Crippen LogP contribution in [0, 0.1) is 0 Å². The van der Waals surface area contributed by atoms with Gasteiger partial charge in [-0.05, 0) is 42.5 Å². The van der Waals surface area contributed by atoms with Gasteiger partial charge in [0, 0.05) is 36.8 Å². The molecule has 1 aliphatic heterocycles. The third kappa shape index (κ3) is 5.03. The van der Waals surface area contributed by atoms with Gasteiger partial charge in [0.05, 0.1) is 6.20 Å². The highest BCUT2D eigenvalue weighted by Gasteiger charge is 2.32. The summed E-state index contributed by atoms with van der Waals surface area (Å²) in [6.45, 7) is 0.705. The fourth-order valence-electron chi connectivity index (χ4n) is 4.47. The smallest absolute Gasteiger partial charge is 0.254 e. The molecule has 2 aromatic heterocycles. The Balaban J connectivity index is 1.34. The Kier molecular flexibility index (Phi) is 6.29. The number of carbonyl (C=O) groups excluding carboxylic acids is 1. The van der Waals surface area contributed by atoms with E-state index < -0.39 is 0 Å². The third-order valence-corrected chi connectivity index (χ3v) is 6.13. The molecule has 1 saturated heterocycles. The number of oxazole rings is 1. The quantitative estimate of drug-likeness (QED) is 0.393. The summed E-state index contributed by atoms with van der Waals surface area (Å²) in [6, 6.07) is 24.0. The molecule has 1 atom stereocenters. The second-order valence-corrected chi connectivity index (χ2v) is 8.54. The topological polar surface area (TPSA) is 59.2 Å². The van der Waals surface area contributed by atoms with Crippen molar-refractivity contribution in [2.24, 2.45) is 0 Å². The Morgan fingerprint density at radius 1 is 0.909 bits per heavy atom. The van der Waals surface area contributed by atoms with Crippen LogP contribution in [0.2, 0.25) is 0 Å². The number of likely N-dealkylation sites (tertiary alicyclic amines) is 1. The zero-order chi connectivity index (χ0) is 22.5. The van der Waals surface area contributed by atoms with Crippen LogP contribution in [0.1, 0.15) is 64.1 Å². The van der Waals surface area contributed by atoms with Crippen molar-refractivity contribution in [1.82, 2.24) is 14.9 Å². The first-order valence-electron chi connectivity index (χ1n) is 11.5. The maximum Gasteiger partial charge on any atom is 0.254 e. The van der Waals surface area contributed by atoms with Gasteiger partial charge in [-0.3, -0.25) is 9.78 Å². The van der Waals surface area contributed by atoms with Crippen molar-refractivity contribution in [1.29, 1.82) is 0 Å². The van der Waals surface area contributed by atoms with Crippen LogP contribution in [0.5, 0.6) is 0 Å². The summed E-state index contributed by atoms with van der Waals surface area (Å²) < 4.78 is 6.13. The lowest BCUT2D eigenvalue weighted by molar-refractivity contribution is 0.0570. The summed E-state index contributed by atoms with van der Waals surface area (Å²) in [7, 11) is 0. The molecule has 3 heterocycles. The number of carbonyl (C=O) groups is 1. The molecule has 2 aromatic carbocycles.